The van der Waals surface area contributed by atoms with Crippen molar-refractivity contribution in [3.8, 4) is 0 Å². The van der Waals surface area contributed by atoms with Gasteiger partial charge in [-0.3, -0.25) is 10.1 Å². The van der Waals surface area contributed by atoms with Crippen molar-refractivity contribution >= 4 is 39.0 Å². The van der Waals surface area contributed by atoms with E-state index in [4.69, 9.17) is 5.73 Å². The van der Waals surface area contributed by atoms with Crippen LogP contribution in [-0.2, 0) is 26.0 Å². The molecule has 0 saturated carbocycles. The van der Waals surface area contributed by atoms with E-state index in [1.165, 1.54) is 29.6 Å². The zero-order chi connectivity index (χ0) is 31.2. The number of carbonyl (C=O) groups is 2. The monoisotopic (exact) mass is 602 g/mol. The van der Waals surface area contributed by atoms with Crippen LogP contribution >= 0.6 is 0 Å². The van der Waals surface area contributed by atoms with Crippen LogP contribution in [0.4, 0.5) is 10.7 Å². The van der Waals surface area contributed by atoms with Gasteiger partial charge in [-0.25, -0.2) is 18.2 Å². The van der Waals surface area contributed by atoms with E-state index < -0.39 is 45.6 Å². The molecule has 0 aliphatic rings. The summed E-state index contributed by atoms with van der Waals surface area (Å²) in [5, 5.41) is 16.7. The number of rotatable bonds is 12. The molecule has 1 aromatic heterocycles. The molecular formula is C29H42N6O6S. The fourth-order valence-electron chi connectivity index (χ4n) is 4.34. The number of benzene rings is 2. The molecule has 3 aromatic rings. The summed E-state index contributed by atoms with van der Waals surface area (Å²) in [6.07, 6.45) is -1.70. The summed E-state index contributed by atoms with van der Waals surface area (Å²) in [6, 6.07) is 12.1. The number of nitrogens with zero attached hydrogens (tertiary/aromatic N) is 2. The Hall–Kier alpha value is -3.52. The normalized spacial score (nSPS) is 14.5. The third-order valence-electron chi connectivity index (χ3n) is 6.76. The highest BCUT2D eigenvalue weighted by atomic mass is 32.2. The van der Waals surface area contributed by atoms with Crippen molar-refractivity contribution in [3.63, 3.8) is 0 Å². The van der Waals surface area contributed by atoms with Crippen LogP contribution in [0.3, 0.4) is 0 Å². The van der Waals surface area contributed by atoms with E-state index in [9.17, 15) is 23.1 Å². The van der Waals surface area contributed by atoms with Gasteiger partial charge in [0.25, 0.3) is 0 Å². The van der Waals surface area contributed by atoms with Crippen LogP contribution in [-0.4, -0.2) is 78.2 Å². The van der Waals surface area contributed by atoms with Crippen molar-refractivity contribution in [3.05, 3.63) is 54.1 Å². The molecule has 6 N–H and O–H groups in total. The van der Waals surface area contributed by atoms with Gasteiger partial charge in [0.15, 0.2) is 0 Å². The maximum Gasteiger partial charge on any atom is 0.413 e. The van der Waals surface area contributed by atoms with Gasteiger partial charge >= 0.3 is 6.09 Å². The van der Waals surface area contributed by atoms with E-state index in [0.717, 1.165) is 5.56 Å². The number of nitrogens with two attached hydrogens (primary N) is 1. The maximum absolute atomic E-state index is 13.9. The quantitative estimate of drug-likeness (QED) is 0.210. The van der Waals surface area contributed by atoms with Gasteiger partial charge in [-0.2, -0.15) is 4.31 Å². The number of aromatic amines is 1. The molecule has 13 heteroatoms. The number of ether oxygens (including phenoxy) is 1. The van der Waals surface area contributed by atoms with Crippen LogP contribution in [0.25, 0.3) is 11.0 Å². The van der Waals surface area contributed by atoms with Gasteiger partial charge in [0.05, 0.1) is 41.2 Å². The number of fused-ring (bicyclic) bond motifs is 1. The lowest BCUT2D eigenvalue weighted by Crippen LogP contribution is -2.56. The minimum atomic E-state index is -4.10. The van der Waals surface area contributed by atoms with Crippen molar-refractivity contribution in [2.75, 3.05) is 25.5 Å². The second kappa shape index (κ2) is 13.6. The number of hydrogen-bond donors (Lipinski definition) is 5. The summed E-state index contributed by atoms with van der Waals surface area (Å²) in [7, 11) is -2.88. The summed E-state index contributed by atoms with van der Waals surface area (Å²) in [4.78, 5) is 31.7. The van der Waals surface area contributed by atoms with Crippen LogP contribution in [0.15, 0.2) is 53.4 Å². The second-order valence-corrected chi connectivity index (χ2v) is 13.8. The number of nitrogens with one attached hydrogen (secondary N) is 3. The minimum Gasteiger partial charge on any atom is -0.453 e. The molecule has 3 atom stereocenters. The Morgan fingerprint density at radius 3 is 2.38 bits per heavy atom. The van der Waals surface area contributed by atoms with Crippen LogP contribution in [0.1, 0.15) is 40.2 Å². The summed E-state index contributed by atoms with van der Waals surface area (Å²) >= 11 is 0. The Labute approximate surface area is 247 Å². The molecular weight excluding hydrogens is 560 g/mol. The number of aliphatic hydroxyl groups is 1. The van der Waals surface area contributed by atoms with Gasteiger partial charge in [0, 0.05) is 13.1 Å². The smallest absolute Gasteiger partial charge is 0.413 e. The van der Waals surface area contributed by atoms with E-state index >= 15 is 0 Å². The molecule has 0 radical (unpaired) electrons. The lowest BCUT2D eigenvalue weighted by Gasteiger charge is -2.33. The molecule has 2 aromatic carbocycles. The first-order valence-corrected chi connectivity index (χ1v) is 15.2. The first-order valence-electron chi connectivity index (χ1n) is 13.7. The predicted octanol–water partition coefficient (Wildman–Crippen LogP) is 2.85. The fourth-order valence-corrected chi connectivity index (χ4v) is 5.98. The Morgan fingerprint density at radius 1 is 1.12 bits per heavy atom. The van der Waals surface area contributed by atoms with E-state index in [0.29, 0.717) is 11.0 Å². The fraction of sp³-hybridized carbons (Fsp3) is 0.483. The van der Waals surface area contributed by atoms with Crippen LogP contribution < -0.4 is 16.4 Å². The number of aliphatic hydroxyl groups excluding tert-OH is 1. The first-order chi connectivity index (χ1) is 19.6. The number of amides is 2. The van der Waals surface area contributed by atoms with Gasteiger partial charge in [-0.15, -0.1) is 0 Å². The maximum atomic E-state index is 13.9. The highest BCUT2D eigenvalue weighted by Crippen LogP contribution is 2.24. The van der Waals surface area contributed by atoms with Crippen LogP contribution in [0, 0.1) is 11.3 Å². The molecule has 0 aliphatic carbocycles. The lowest BCUT2D eigenvalue weighted by molar-refractivity contribution is -0.126. The molecule has 230 valence electrons. The lowest BCUT2D eigenvalue weighted by atomic mass is 9.86. The Morgan fingerprint density at radius 2 is 1.79 bits per heavy atom. The number of carbonyl (C=O) groups excluding carboxylic acids is 2. The van der Waals surface area contributed by atoms with Crippen LogP contribution in [0.5, 0.6) is 0 Å². The average molecular weight is 603 g/mol. The van der Waals surface area contributed by atoms with Crippen molar-refractivity contribution in [1.82, 2.24) is 19.6 Å². The van der Waals surface area contributed by atoms with Gasteiger partial charge < -0.3 is 25.9 Å². The minimum absolute atomic E-state index is 0.0190. The van der Waals surface area contributed by atoms with E-state index in [2.05, 4.69) is 25.3 Å². The van der Waals surface area contributed by atoms with Crippen molar-refractivity contribution in [2.24, 2.45) is 17.1 Å². The molecule has 1 heterocycles. The van der Waals surface area contributed by atoms with Crippen LogP contribution in [0.2, 0.25) is 0 Å². The Bertz CT molecular complexity index is 1470. The number of aromatic nitrogens is 2. The molecule has 0 saturated heterocycles. The molecule has 2 amide bonds. The van der Waals surface area contributed by atoms with E-state index in [1.807, 2.05) is 65.0 Å². The van der Waals surface area contributed by atoms with Crippen molar-refractivity contribution < 1.29 is 27.9 Å². The summed E-state index contributed by atoms with van der Waals surface area (Å²) < 4.78 is 33.6. The third-order valence-corrected chi connectivity index (χ3v) is 8.59. The molecule has 0 fully saturated rings. The van der Waals surface area contributed by atoms with Gasteiger partial charge in [-0.05, 0) is 41.5 Å². The summed E-state index contributed by atoms with van der Waals surface area (Å²) in [5.41, 5.74) is 7.37. The largest absolute Gasteiger partial charge is 0.453 e. The molecule has 3 rings (SSSR count). The SMILES string of the molecule is COC(=O)Nc1nc2ccc(S(=O)(=O)N(CC(C)C)CC(O)[C@H](Cc3ccccc3)NC(=O)[C@@H](N)C(C)(C)C)cc2[nH]1. The van der Waals surface area contributed by atoms with Gasteiger partial charge in [0.2, 0.25) is 21.9 Å². The molecule has 12 nitrogen and oxygen atoms in total. The first kappa shape index (κ1) is 33.0. The number of H-pyrrole nitrogens is 1. The van der Waals surface area contributed by atoms with E-state index in [1.54, 1.807) is 0 Å². The summed E-state index contributed by atoms with van der Waals surface area (Å²) in [6.45, 7) is 9.17. The molecule has 42 heavy (non-hydrogen) atoms. The highest BCUT2D eigenvalue weighted by molar-refractivity contribution is 7.89. The zero-order valence-corrected chi connectivity index (χ0v) is 25.7. The molecule has 1 unspecified atom stereocenters. The topological polar surface area (TPSA) is 180 Å². The third kappa shape index (κ3) is 8.51. The molecule has 0 bridgehead atoms. The van der Waals surface area contributed by atoms with E-state index in [-0.39, 0.29) is 36.3 Å². The number of anilines is 1. The number of hydrogen-bond acceptors (Lipinski definition) is 8. The summed E-state index contributed by atoms with van der Waals surface area (Å²) in [5.74, 6) is -0.383. The Balaban J connectivity index is 1.91. The average Bonchev–Trinajstić information content (AvgIpc) is 3.32. The highest BCUT2D eigenvalue weighted by Gasteiger charge is 2.34. The standard InChI is InChI=1S/C29H42N6O6S/c1-18(2)16-35(42(39,40)20-12-13-21-22(15-20)33-27(32-21)34-28(38)41-6)17-24(36)23(14-19-10-8-7-9-11-19)31-26(37)25(30)29(3,4)5/h7-13,15,18,23-25,36H,14,16-17,30H2,1-6H3,(H,31,37)(H2,32,33,34,38)/t23-,24?,25+/m0/s1. The number of sulfonamides is 1. The number of imidazole rings is 1. The van der Waals surface area contributed by atoms with Gasteiger partial charge in [0.1, 0.15) is 0 Å². The zero-order valence-electron chi connectivity index (χ0n) is 24.9. The number of methoxy groups -OCH3 is 1. The predicted molar refractivity (Wildman–Crippen MR) is 161 cm³/mol. The van der Waals surface area contributed by atoms with Crippen molar-refractivity contribution in [2.45, 2.75) is 64.1 Å². The van der Waals surface area contributed by atoms with Gasteiger partial charge in [-0.1, -0.05) is 65.0 Å². The van der Waals surface area contributed by atoms with Crippen molar-refractivity contribution in [1.29, 1.82) is 0 Å². The molecule has 0 aliphatic heterocycles. The second-order valence-electron chi connectivity index (χ2n) is 11.8. The Kier molecular flexibility index (Phi) is 10.7. The molecule has 0 spiro atoms.